The SMILES string of the molecule is CNC1C(=O)N(Cc2cccnn2)CCc2ccsc21. The van der Waals surface area contributed by atoms with Crippen molar-refractivity contribution >= 4 is 17.2 Å². The quantitative estimate of drug-likeness (QED) is 0.927. The Balaban J connectivity index is 1.84. The minimum absolute atomic E-state index is 0.111. The molecule has 6 heteroatoms. The predicted octanol–water partition coefficient (Wildman–Crippen LogP) is 1.38. The molecule has 0 saturated carbocycles. The molecule has 1 N–H and O–H groups in total. The number of hydrogen-bond donors (Lipinski definition) is 1. The van der Waals surface area contributed by atoms with Gasteiger partial charge in [0.15, 0.2) is 0 Å². The first kappa shape index (κ1) is 13.2. The van der Waals surface area contributed by atoms with E-state index >= 15 is 0 Å². The Labute approximate surface area is 121 Å². The molecule has 3 heterocycles. The molecule has 0 fully saturated rings. The van der Waals surface area contributed by atoms with Crippen LogP contribution in [0.3, 0.4) is 0 Å². The zero-order valence-electron chi connectivity index (χ0n) is 11.2. The van der Waals surface area contributed by atoms with Gasteiger partial charge in [-0.3, -0.25) is 4.79 Å². The minimum Gasteiger partial charge on any atom is -0.335 e. The molecule has 3 rings (SSSR count). The maximum absolute atomic E-state index is 12.7. The zero-order valence-corrected chi connectivity index (χ0v) is 12.1. The van der Waals surface area contributed by atoms with Crippen molar-refractivity contribution < 1.29 is 4.79 Å². The van der Waals surface area contributed by atoms with Crippen molar-refractivity contribution in [1.82, 2.24) is 20.4 Å². The second-order valence-corrected chi connectivity index (χ2v) is 5.70. The average molecular weight is 288 g/mol. The molecule has 0 radical (unpaired) electrons. The van der Waals surface area contributed by atoms with Crippen LogP contribution < -0.4 is 5.32 Å². The molecule has 1 aliphatic heterocycles. The number of thiophene rings is 1. The Kier molecular flexibility index (Phi) is 3.75. The first-order valence-corrected chi connectivity index (χ1v) is 7.46. The summed E-state index contributed by atoms with van der Waals surface area (Å²) in [6.45, 7) is 1.23. The first-order chi connectivity index (χ1) is 9.79. The average Bonchev–Trinajstić information content (AvgIpc) is 2.89. The molecular weight excluding hydrogens is 272 g/mol. The molecule has 0 saturated heterocycles. The predicted molar refractivity (Wildman–Crippen MR) is 77.3 cm³/mol. The smallest absolute Gasteiger partial charge is 0.245 e. The van der Waals surface area contributed by atoms with Crippen molar-refractivity contribution in [2.75, 3.05) is 13.6 Å². The summed E-state index contributed by atoms with van der Waals surface area (Å²) in [5.41, 5.74) is 2.09. The fourth-order valence-electron chi connectivity index (χ4n) is 2.49. The van der Waals surface area contributed by atoms with Crippen molar-refractivity contribution in [3.8, 4) is 0 Å². The minimum atomic E-state index is -0.246. The molecule has 1 aliphatic rings. The lowest BCUT2D eigenvalue weighted by atomic mass is 10.1. The number of fused-ring (bicyclic) bond motifs is 1. The fraction of sp³-hybridized carbons (Fsp3) is 0.357. The summed E-state index contributed by atoms with van der Waals surface area (Å²) in [5, 5.41) is 13.1. The van der Waals surface area contributed by atoms with E-state index in [1.807, 2.05) is 24.1 Å². The summed E-state index contributed by atoms with van der Waals surface area (Å²) in [4.78, 5) is 15.7. The number of amides is 1. The molecule has 104 valence electrons. The third-order valence-corrected chi connectivity index (χ3v) is 4.55. The van der Waals surface area contributed by atoms with E-state index in [9.17, 15) is 4.79 Å². The highest BCUT2D eigenvalue weighted by atomic mass is 32.1. The van der Waals surface area contributed by atoms with Gasteiger partial charge in [-0.15, -0.1) is 11.3 Å². The van der Waals surface area contributed by atoms with Crippen LogP contribution in [0.5, 0.6) is 0 Å². The van der Waals surface area contributed by atoms with Gasteiger partial charge >= 0.3 is 0 Å². The van der Waals surface area contributed by atoms with Gasteiger partial charge in [0.2, 0.25) is 5.91 Å². The number of carbonyl (C=O) groups is 1. The maximum atomic E-state index is 12.7. The highest BCUT2D eigenvalue weighted by Crippen LogP contribution is 2.29. The molecular formula is C14H16N4OS. The number of nitrogens with one attached hydrogen (secondary N) is 1. The molecule has 1 amide bonds. The Hall–Kier alpha value is -1.79. The molecule has 1 unspecified atom stereocenters. The molecule has 0 aromatic carbocycles. The summed E-state index contributed by atoms with van der Waals surface area (Å²) in [6.07, 6.45) is 2.53. The Morgan fingerprint density at radius 3 is 3.15 bits per heavy atom. The number of rotatable bonds is 3. The van der Waals surface area contributed by atoms with Crippen molar-refractivity contribution in [2.24, 2.45) is 0 Å². The number of hydrogen-bond acceptors (Lipinski definition) is 5. The topological polar surface area (TPSA) is 58.1 Å². The van der Waals surface area contributed by atoms with Crippen molar-refractivity contribution in [2.45, 2.75) is 19.0 Å². The molecule has 2 aromatic heterocycles. The van der Waals surface area contributed by atoms with Gasteiger partial charge in [0.25, 0.3) is 0 Å². The van der Waals surface area contributed by atoms with Gasteiger partial charge in [0, 0.05) is 17.6 Å². The lowest BCUT2D eigenvalue weighted by molar-refractivity contribution is -0.133. The maximum Gasteiger partial charge on any atom is 0.245 e. The zero-order chi connectivity index (χ0) is 13.9. The van der Waals surface area contributed by atoms with Gasteiger partial charge in [0.1, 0.15) is 6.04 Å². The molecule has 0 bridgehead atoms. The van der Waals surface area contributed by atoms with Crippen LogP contribution in [0.2, 0.25) is 0 Å². The summed E-state index contributed by atoms with van der Waals surface area (Å²) in [6, 6.07) is 5.61. The third-order valence-electron chi connectivity index (χ3n) is 3.52. The van der Waals surface area contributed by atoms with E-state index in [-0.39, 0.29) is 11.9 Å². The van der Waals surface area contributed by atoms with Gasteiger partial charge < -0.3 is 10.2 Å². The number of likely N-dealkylation sites (N-methyl/N-ethyl adjacent to an activating group) is 1. The molecule has 2 aromatic rings. The van der Waals surface area contributed by atoms with Gasteiger partial charge in [-0.2, -0.15) is 10.2 Å². The van der Waals surface area contributed by atoms with Gasteiger partial charge in [-0.1, -0.05) is 0 Å². The summed E-state index contributed by atoms with van der Waals surface area (Å²) in [7, 11) is 1.83. The molecule has 1 atom stereocenters. The standard InChI is InChI=1S/C14H16N4OS/c1-15-12-13-10(5-8-20-13)4-7-18(14(12)19)9-11-3-2-6-16-17-11/h2-3,5-6,8,12,15H,4,7,9H2,1H3. The van der Waals surface area contributed by atoms with E-state index in [1.54, 1.807) is 17.5 Å². The third kappa shape index (κ3) is 2.44. The van der Waals surface area contributed by atoms with E-state index in [4.69, 9.17) is 0 Å². The molecule has 5 nitrogen and oxygen atoms in total. The number of nitrogens with zero attached hydrogens (tertiary/aromatic N) is 3. The highest BCUT2D eigenvalue weighted by Gasteiger charge is 2.30. The van der Waals surface area contributed by atoms with Crippen molar-refractivity contribution in [3.63, 3.8) is 0 Å². The van der Waals surface area contributed by atoms with Crippen LogP contribution in [0, 0.1) is 0 Å². The van der Waals surface area contributed by atoms with E-state index in [0.29, 0.717) is 6.54 Å². The molecule has 20 heavy (non-hydrogen) atoms. The molecule has 0 spiro atoms. The Morgan fingerprint density at radius 1 is 1.50 bits per heavy atom. The number of carbonyl (C=O) groups excluding carboxylic acids is 1. The summed E-state index contributed by atoms with van der Waals surface area (Å²) < 4.78 is 0. The normalized spacial score (nSPS) is 18.8. The Morgan fingerprint density at radius 2 is 2.40 bits per heavy atom. The van der Waals surface area contributed by atoms with Gasteiger partial charge in [0.05, 0.1) is 12.2 Å². The van der Waals surface area contributed by atoms with Gasteiger partial charge in [-0.25, -0.2) is 0 Å². The van der Waals surface area contributed by atoms with Crippen LogP contribution in [-0.2, 0) is 17.8 Å². The number of aromatic nitrogens is 2. The lowest BCUT2D eigenvalue weighted by Gasteiger charge is -2.23. The van der Waals surface area contributed by atoms with Crippen molar-refractivity contribution in [3.05, 3.63) is 45.9 Å². The van der Waals surface area contributed by atoms with E-state index in [2.05, 4.69) is 27.0 Å². The van der Waals surface area contributed by atoms with Crippen LogP contribution in [0.25, 0.3) is 0 Å². The van der Waals surface area contributed by atoms with Crippen LogP contribution in [0.4, 0.5) is 0 Å². The van der Waals surface area contributed by atoms with Crippen LogP contribution in [0.15, 0.2) is 29.8 Å². The second-order valence-electron chi connectivity index (χ2n) is 4.76. The van der Waals surface area contributed by atoms with E-state index in [0.717, 1.165) is 23.5 Å². The van der Waals surface area contributed by atoms with E-state index in [1.165, 1.54) is 5.56 Å². The first-order valence-electron chi connectivity index (χ1n) is 6.58. The molecule has 0 aliphatic carbocycles. The van der Waals surface area contributed by atoms with Crippen LogP contribution in [-0.4, -0.2) is 34.6 Å². The Bertz CT molecular complexity index is 598. The largest absolute Gasteiger partial charge is 0.335 e. The van der Waals surface area contributed by atoms with Crippen molar-refractivity contribution in [1.29, 1.82) is 0 Å². The van der Waals surface area contributed by atoms with Gasteiger partial charge in [-0.05, 0) is 42.6 Å². The van der Waals surface area contributed by atoms with E-state index < -0.39 is 0 Å². The van der Waals surface area contributed by atoms with Crippen LogP contribution in [0.1, 0.15) is 22.2 Å². The second kappa shape index (κ2) is 5.68. The monoisotopic (exact) mass is 288 g/mol. The summed E-state index contributed by atoms with van der Waals surface area (Å²) >= 11 is 1.65. The van der Waals surface area contributed by atoms with Crippen LogP contribution >= 0.6 is 11.3 Å². The fourth-order valence-corrected chi connectivity index (χ4v) is 3.55. The lowest BCUT2D eigenvalue weighted by Crippen LogP contribution is -2.38. The highest BCUT2D eigenvalue weighted by molar-refractivity contribution is 7.10. The summed E-state index contributed by atoms with van der Waals surface area (Å²) in [5.74, 6) is 0.111.